The average molecular weight is 262 g/mol. The van der Waals surface area contributed by atoms with E-state index in [9.17, 15) is 4.79 Å². The van der Waals surface area contributed by atoms with Gasteiger partial charge in [0.2, 0.25) is 0 Å². The number of nitrogens with zero attached hydrogens (tertiary/aromatic N) is 2. The molecular weight excluding hydrogens is 248 g/mol. The fourth-order valence-corrected chi connectivity index (χ4v) is 2.14. The second kappa shape index (κ2) is 5.59. The number of hydrogen-bond donors (Lipinski definition) is 2. The first-order valence-electron chi connectivity index (χ1n) is 5.62. The van der Waals surface area contributed by atoms with E-state index in [1.54, 1.807) is 11.6 Å². The lowest BCUT2D eigenvalue weighted by molar-refractivity contribution is 0.0946. The molecule has 1 amide bonds. The van der Waals surface area contributed by atoms with Crippen molar-refractivity contribution in [2.24, 2.45) is 0 Å². The van der Waals surface area contributed by atoms with Crippen LogP contribution in [-0.2, 0) is 13.0 Å². The molecule has 0 fully saturated rings. The topological polar surface area (TPSA) is 80.9 Å². The molecular formula is C12H14N4OS. The van der Waals surface area contributed by atoms with Gasteiger partial charge in [-0.2, -0.15) is 0 Å². The number of aryl methyl sites for hydroxylation is 1. The van der Waals surface area contributed by atoms with Gasteiger partial charge in [0, 0.05) is 11.6 Å². The van der Waals surface area contributed by atoms with Crippen LogP contribution in [0.5, 0.6) is 0 Å². The van der Waals surface area contributed by atoms with Gasteiger partial charge in [-0.3, -0.25) is 9.78 Å². The maximum Gasteiger partial charge on any atom is 0.271 e. The molecule has 0 saturated carbocycles. The zero-order valence-corrected chi connectivity index (χ0v) is 10.8. The Hall–Kier alpha value is -1.95. The van der Waals surface area contributed by atoms with Gasteiger partial charge in [0.05, 0.1) is 12.2 Å². The van der Waals surface area contributed by atoms with E-state index in [1.807, 2.05) is 12.1 Å². The Morgan fingerprint density at radius 1 is 1.56 bits per heavy atom. The highest BCUT2D eigenvalue weighted by atomic mass is 32.1. The molecule has 6 heteroatoms. The molecule has 0 bridgehead atoms. The Morgan fingerprint density at radius 3 is 3.06 bits per heavy atom. The summed E-state index contributed by atoms with van der Waals surface area (Å²) >= 11 is 1.25. The standard InChI is InChI=1S/C12H14N4OS/c1-2-8-4-3-5-14-9(8)6-15-11(17)10-7-18-12(13)16-10/h3-5,7H,2,6H2,1H3,(H2,13,16)(H,15,17). The van der Waals surface area contributed by atoms with Crippen molar-refractivity contribution in [2.45, 2.75) is 19.9 Å². The maximum atomic E-state index is 11.8. The highest BCUT2D eigenvalue weighted by Gasteiger charge is 2.10. The SMILES string of the molecule is CCc1cccnc1CNC(=O)c1csc(N)n1. The minimum Gasteiger partial charge on any atom is -0.375 e. The van der Waals surface area contributed by atoms with E-state index < -0.39 is 0 Å². The second-order valence-electron chi connectivity index (χ2n) is 3.72. The number of nitrogens with one attached hydrogen (secondary N) is 1. The van der Waals surface area contributed by atoms with Crippen LogP contribution in [0, 0.1) is 0 Å². The molecule has 3 N–H and O–H groups in total. The van der Waals surface area contributed by atoms with Gasteiger partial charge in [-0.15, -0.1) is 11.3 Å². The smallest absolute Gasteiger partial charge is 0.271 e. The van der Waals surface area contributed by atoms with Gasteiger partial charge in [0.15, 0.2) is 5.13 Å². The zero-order valence-electron chi connectivity index (χ0n) is 10.0. The lowest BCUT2D eigenvalue weighted by Gasteiger charge is -2.07. The summed E-state index contributed by atoms with van der Waals surface area (Å²) in [5.41, 5.74) is 7.86. The molecule has 94 valence electrons. The average Bonchev–Trinajstić information content (AvgIpc) is 2.83. The Balaban J connectivity index is 2.01. The number of carbonyl (C=O) groups excluding carboxylic acids is 1. The van der Waals surface area contributed by atoms with E-state index in [0.29, 0.717) is 17.4 Å². The Morgan fingerprint density at radius 2 is 2.39 bits per heavy atom. The summed E-state index contributed by atoms with van der Waals surface area (Å²) in [6.45, 7) is 2.46. The molecule has 0 aromatic carbocycles. The highest BCUT2D eigenvalue weighted by Crippen LogP contribution is 2.11. The number of amides is 1. The summed E-state index contributed by atoms with van der Waals surface area (Å²) in [5.74, 6) is -0.226. The van der Waals surface area contributed by atoms with E-state index in [-0.39, 0.29) is 5.91 Å². The van der Waals surface area contributed by atoms with E-state index in [2.05, 4.69) is 22.2 Å². The summed E-state index contributed by atoms with van der Waals surface area (Å²) in [6.07, 6.45) is 2.62. The third-order valence-electron chi connectivity index (χ3n) is 2.54. The molecule has 0 aliphatic carbocycles. The minimum absolute atomic E-state index is 0.226. The van der Waals surface area contributed by atoms with E-state index >= 15 is 0 Å². The van der Waals surface area contributed by atoms with Crippen molar-refractivity contribution in [1.82, 2.24) is 15.3 Å². The number of anilines is 1. The third-order valence-corrected chi connectivity index (χ3v) is 3.21. The van der Waals surface area contributed by atoms with Gasteiger partial charge in [-0.25, -0.2) is 4.98 Å². The molecule has 0 saturated heterocycles. The Kier molecular flexibility index (Phi) is 3.88. The van der Waals surface area contributed by atoms with Crippen molar-refractivity contribution in [1.29, 1.82) is 0 Å². The van der Waals surface area contributed by atoms with Crippen molar-refractivity contribution < 1.29 is 4.79 Å². The number of pyridine rings is 1. The van der Waals surface area contributed by atoms with Gasteiger partial charge in [0.1, 0.15) is 5.69 Å². The van der Waals surface area contributed by atoms with Gasteiger partial charge >= 0.3 is 0 Å². The van der Waals surface area contributed by atoms with Crippen LogP contribution in [0.4, 0.5) is 5.13 Å². The van der Waals surface area contributed by atoms with Crippen LogP contribution in [0.25, 0.3) is 0 Å². The van der Waals surface area contributed by atoms with Crippen LogP contribution in [0.1, 0.15) is 28.7 Å². The first kappa shape index (κ1) is 12.5. The van der Waals surface area contributed by atoms with Crippen molar-refractivity contribution in [3.8, 4) is 0 Å². The first-order valence-corrected chi connectivity index (χ1v) is 6.50. The lowest BCUT2D eigenvalue weighted by atomic mass is 10.1. The largest absolute Gasteiger partial charge is 0.375 e. The predicted octanol–water partition coefficient (Wildman–Crippen LogP) is 1.61. The highest BCUT2D eigenvalue weighted by molar-refractivity contribution is 7.13. The van der Waals surface area contributed by atoms with Crippen molar-refractivity contribution >= 4 is 22.4 Å². The fraction of sp³-hybridized carbons (Fsp3) is 0.250. The molecule has 0 radical (unpaired) electrons. The molecule has 0 atom stereocenters. The van der Waals surface area contributed by atoms with Crippen LogP contribution in [0.15, 0.2) is 23.7 Å². The number of carbonyl (C=O) groups is 1. The van der Waals surface area contributed by atoms with Gasteiger partial charge in [-0.1, -0.05) is 13.0 Å². The monoisotopic (exact) mass is 262 g/mol. The quantitative estimate of drug-likeness (QED) is 0.877. The van der Waals surface area contributed by atoms with Crippen molar-refractivity contribution in [3.05, 3.63) is 40.7 Å². The molecule has 2 heterocycles. The number of aromatic nitrogens is 2. The van der Waals surface area contributed by atoms with E-state index in [4.69, 9.17) is 5.73 Å². The maximum absolute atomic E-state index is 11.8. The molecule has 2 aromatic rings. The van der Waals surface area contributed by atoms with Crippen LogP contribution >= 0.6 is 11.3 Å². The molecule has 0 aliphatic rings. The first-order chi connectivity index (χ1) is 8.70. The molecule has 5 nitrogen and oxygen atoms in total. The summed E-state index contributed by atoms with van der Waals surface area (Å²) in [6, 6.07) is 3.90. The minimum atomic E-state index is -0.226. The molecule has 0 unspecified atom stereocenters. The van der Waals surface area contributed by atoms with Crippen LogP contribution in [0.2, 0.25) is 0 Å². The lowest BCUT2D eigenvalue weighted by Crippen LogP contribution is -2.24. The van der Waals surface area contributed by atoms with Crippen LogP contribution in [0.3, 0.4) is 0 Å². The predicted molar refractivity (Wildman–Crippen MR) is 71.3 cm³/mol. The molecule has 2 aromatic heterocycles. The number of nitrogens with two attached hydrogens (primary N) is 1. The molecule has 0 aliphatic heterocycles. The summed E-state index contributed by atoms with van der Waals surface area (Å²) < 4.78 is 0. The summed E-state index contributed by atoms with van der Waals surface area (Å²) in [5, 5.41) is 4.83. The fourth-order valence-electron chi connectivity index (χ4n) is 1.60. The number of nitrogen functional groups attached to an aromatic ring is 1. The van der Waals surface area contributed by atoms with Crippen molar-refractivity contribution in [3.63, 3.8) is 0 Å². The molecule has 2 rings (SSSR count). The van der Waals surface area contributed by atoms with Gasteiger partial charge in [-0.05, 0) is 18.1 Å². The van der Waals surface area contributed by atoms with Crippen molar-refractivity contribution in [2.75, 3.05) is 5.73 Å². The Bertz CT molecular complexity index is 553. The normalized spacial score (nSPS) is 10.3. The number of rotatable bonds is 4. The Labute approximate surface area is 109 Å². The van der Waals surface area contributed by atoms with Crippen LogP contribution < -0.4 is 11.1 Å². The molecule has 18 heavy (non-hydrogen) atoms. The van der Waals surface area contributed by atoms with Crippen LogP contribution in [-0.4, -0.2) is 15.9 Å². The van der Waals surface area contributed by atoms with Gasteiger partial charge < -0.3 is 11.1 Å². The zero-order chi connectivity index (χ0) is 13.0. The number of hydrogen-bond acceptors (Lipinski definition) is 5. The number of thiazole rings is 1. The van der Waals surface area contributed by atoms with E-state index in [1.165, 1.54) is 11.3 Å². The van der Waals surface area contributed by atoms with Gasteiger partial charge in [0.25, 0.3) is 5.91 Å². The third kappa shape index (κ3) is 2.84. The summed E-state index contributed by atoms with van der Waals surface area (Å²) in [4.78, 5) is 20.0. The second-order valence-corrected chi connectivity index (χ2v) is 4.61. The van der Waals surface area contributed by atoms with E-state index in [0.717, 1.165) is 17.7 Å². The summed E-state index contributed by atoms with van der Waals surface area (Å²) in [7, 11) is 0. The molecule has 0 spiro atoms.